The van der Waals surface area contributed by atoms with Gasteiger partial charge in [0.15, 0.2) is 0 Å². The number of hydrogen-bond donors (Lipinski definition) is 2. The van der Waals surface area contributed by atoms with Crippen molar-refractivity contribution >= 4 is 5.65 Å². The molecule has 1 fully saturated rings. The Morgan fingerprint density at radius 2 is 2.04 bits per heavy atom. The third kappa shape index (κ3) is 2.30. The van der Waals surface area contributed by atoms with E-state index in [2.05, 4.69) is 15.1 Å². The summed E-state index contributed by atoms with van der Waals surface area (Å²) in [4.78, 5) is 19.7. The molecule has 0 amide bonds. The van der Waals surface area contributed by atoms with Crippen molar-refractivity contribution in [1.82, 2.24) is 19.6 Å². The second-order valence-electron chi connectivity index (χ2n) is 6.06. The molecule has 3 heterocycles. The molecule has 0 atom stereocenters. The fraction of sp³-hybridized carbons (Fsp3) is 0.353. The van der Waals surface area contributed by atoms with Gasteiger partial charge >= 0.3 is 0 Å². The molecule has 3 aromatic heterocycles. The van der Waals surface area contributed by atoms with Crippen LogP contribution in [0.25, 0.3) is 16.9 Å². The van der Waals surface area contributed by atoms with Crippen LogP contribution in [-0.4, -0.2) is 24.7 Å². The molecule has 1 saturated carbocycles. The van der Waals surface area contributed by atoms with E-state index in [4.69, 9.17) is 0 Å². The first-order valence-corrected chi connectivity index (χ1v) is 8.00. The van der Waals surface area contributed by atoms with Gasteiger partial charge in [-0.2, -0.15) is 9.61 Å². The van der Waals surface area contributed by atoms with Gasteiger partial charge < -0.3 is 10.1 Å². The predicted octanol–water partition coefficient (Wildman–Crippen LogP) is 2.84. The minimum Gasteiger partial charge on any atom is -0.493 e. The highest BCUT2D eigenvalue weighted by atomic mass is 16.3. The summed E-state index contributed by atoms with van der Waals surface area (Å²) in [6.45, 7) is 0. The molecule has 6 nitrogen and oxygen atoms in total. The normalized spacial score (nSPS) is 16.0. The summed E-state index contributed by atoms with van der Waals surface area (Å²) < 4.78 is 1.41. The second-order valence-corrected chi connectivity index (χ2v) is 6.06. The first kappa shape index (κ1) is 14.0. The van der Waals surface area contributed by atoms with Gasteiger partial charge in [-0.15, -0.1) is 0 Å². The molecule has 118 valence electrons. The van der Waals surface area contributed by atoms with Crippen molar-refractivity contribution in [1.29, 1.82) is 0 Å². The molecule has 3 aromatic rings. The van der Waals surface area contributed by atoms with Crippen LogP contribution in [-0.2, 0) is 0 Å². The summed E-state index contributed by atoms with van der Waals surface area (Å²) in [5.74, 6) is 0.0669. The van der Waals surface area contributed by atoms with Crippen molar-refractivity contribution < 1.29 is 5.11 Å². The number of rotatable bonds is 2. The van der Waals surface area contributed by atoms with Crippen LogP contribution in [0.5, 0.6) is 5.88 Å². The Bertz CT molecular complexity index is 892. The maximum absolute atomic E-state index is 12.6. The number of fused-ring (bicyclic) bond motifs is 1. The average molecular weight is 310 g/mol. The zero-order chi connectivity index (χ0) is 15.8. The number of aromatic hydroxyl groups is 1. The summed E-state index contributed by atoms with van der Waals surface area (Å²) in [5, 5.41) is 14.9. The first-order chi connectivity index (χ1) is 11.3. The highest BCUT2D eigenvalue weighted by molar-refractivity contribution is 5.74. The van der Waals surface area contributed by atoms with Crippen molar-refractivity contribution in [3.05, 3.63) is 46.5 Å². The standard InChI is InChI=1S/C17H18N4O2/c22-16-14(11-6-2-1-3-7-11)17(23)21-15(20-16)12(10-19-21)13-8-4-5-9-18-13/h4-5,8-11,23H,1-3,6-7H2,(H,20,22). The number of nitrogens with zero attached hydrogens (tertiary/aromatic N) is 3. The summed E-state index contributed by atoms with van der Waals surface area (Å²) in [5.41, 5.74) is 2.13. The zero-order valence-electron chi connectivity index (χ0n) is 12.7. The molecule has 1 aliphatic carbocycles. The molecule has 0 bridgehead atoms. The molecule has 0 radical (unpaired) electrons. The van der Waals surface area contributed by atoms with Crippen molar-refractivity contribution in [3.63, 3.8) is 0 Å². The van der Waals surface area contributed by atoms with E-state index in [0.29, 0.717) is 22.5 Å². The SMILES string of the molecule is O=c1[nH]c2c(-c3ccccn3)cnn2c(O)c1C1CCCCC1. The Kier molecular flexibility index (Phi) is 3.37. The predicted molar refractivity (Wildman–Crippen MR) is 86.5 cm³/mol. The third-order valence-corrected chi connectivity index (χ3v) is 4.64. The summed E-state index contributed by atoms with van der Waals surface area (Å²) >= 11 is 0. The molecule has 0 spiro atoms. The van der Waals surface area contributed by atoms with E-state index in [1.165, 1.54) is 10.9 Å². The molecular formula is C17H18N4O2. The van der Waals surface area contributed by atoms with Crippen LogP contribution in [0.3, 0.4) is 0 Å². The summed E-state index contributed by atoms with van der Waals surface area (Å²) in [7, 11) is 0. The monoisotopic (exact) mass is 310 g/mol. The number of aromatic nitrogens is 4. The molecule has 0 unspecified atom stereocenters. The minimum absolute atomic E-state index is 0.0437. The van der Waals surface area contributed by atoms with Crippen molar-refractivity contribution in [2.45, 2.75) is 38.0 Å². The average Bonchev–Trinajstić information content (AvgIpc) is 3.00. The fourth-order valence-electron chi connectivity index (χ4n) is 3.49. The lowest BCUT2D eigenvalue weighted by atomic mass is 9.85. The number of hydrogen-bond acceptors (Lipinski definition) is 4. The van der Waals surface area contributed by atoms with Crippen molar-refractivity contribution in [2.24, 2.45) is 0 Å². The largest absolute Gasteiger partial charge is 0.493 e. The van der Waals surface area contributed by atoms with Crippen LogP contribution in [0.1, 0.15) is 43.6 Å². The van der Waals surface area contributed by atoms with Gasteiger partial charge in [-0.1, -0.05) is 25.3 Å². The zero-order valence-corrected chi connectivity index (χ0v) is 12.7. The minimum atomic E-state index is -0.223. The molecule has 6 heteroatoms. The van der Waals surface area contributed by atoms with E-state index in [1.807, 2.05) is 18.2 Å². The van der Waals surface area contributed by atoms with Crippen LogP contribution in [0.4, 0.5) is 0 Å². The van der Waals surface area contributed by atoms with Crippen LogP contribution in [0.2, 0.25) is 0 Å². The number of nitrogens with one attached hydrogen (secondary N) is 1. The Morgan fingerprint density at radius 3 is 2.78 bits per heavy atom. The molecule has 1 aliphatic rings. The lowest BCUT2D eigenvalue weighted by Crippen LogP contribution is -2.20. The van der Waals surface area contributed by atoms with Gasteiger partial charge in [0.1, 0.15) is 5.65 Å². The van der Waals surface area contributed by atoms with Gasteiger partial charge in [0.05, 0.1) is 23.0 Å². The number of aromatic amines is 1. The topological polar surface area (TPSA) is 83.3 Å². The van der Waals surface area contributed by atoms with Crippen molar-refractivity contribution in [3.8, 4) is 17.1 Å². The molecule has 23 heavy (non-hydrogen) atoms. The van der Waals surface area contributed by atoms with Gasteiger partial charge in [-0.3, -0.25) is 9.78 Å². The summed E-state index contributed by atoms with van der Waals surface area (Å²) in [6, 6.07) is 5.55. The van der Waals surface area contributed by atoms with E-state index in [0.717, 1.165) is 25.7 Å². The molecular weight excluding hydrogens is 292 g/mol. The Morgan fingerprint density at radius 1 is 1.22 bits per heavy atom. The highest BCUT2D eigenvalue weighted by Gasteiger charge is 2.25. The molecule has 0 aromatic carbocycles. The third-order valence-electron chi connectivity index (χ3n) is 4.64. The van der Waals surface area contributed by atoms with Gasteiger partial charge in [0, 0.05) is 6.20 Å². The molecule has 4 rings (SSSR count). The van der Waals surface area contributed by atoms with Gasteiger partial charge in [-0.05, 0) is 30.9 Å². The van der Waals surface area contributed by atoms with Gasteiger partial charge in [0.25, 0.3) is 5.56 Å². The first-order valence-electron chi connectivity index (χ1n) is 8.00. The highest BCUT2D eigenvalue weighted by Crippen LogP contribution is 2.35. The van der Waals surface area contributed by atoms with Crippen LogP contribution >= 0.6 is 0 Å². The quantitative estimate of drug-likeness (QED) is 0.762. The fourth-order valence-corrected chi connectivity index (χ4v) is 3.49. The Balaban J connectivity index is 1.89. The van der Waals surface area contributed by atoms with Gasteiger partial charge in [0.2, 0.25) is 5.88 Å². The smallest absolute Gasteiger partial charge is 0.258 e. The lowest BCUT2D eigenvalue weighted by molar-refractivity contribution is 0.390. The molecule has 0 saturated heterocycles. The maximum atomic E-state index is 12.6. The van der Waals surface area contributed by atoms with E-state index >= 15 is 0 Å². The van der Waals surface area contributed by atoms with Crippen LogP contribution < -0.4 is 5.56 Å². The van der Waals surface area contributed by atoms with Crippen LogP contribution in [0.15, 0.2) is 35.4 Å². The van der Waals surface area contributed by atoms with Crippen molar-refractivity contribution in [2.75, 3.05) is 0 Å². The van der Waals surface area contributed by atoms with E-state index in [1.54, 1.807) is 12.4 Å². The number of pyridine rings is 1. The Hall–Kier alpha value is -2.63. The van der Waals surface area contributed by atoms with Crippen LogP contribution in [0, 0.1) is 0 Å². The molecule has 0 aliphatic heterocycles. The van der Waals surface area contributed by atoms with E-state index in [9.17, 15) is 9.90 Å². The Labute approximate surface area is 132 Å². The lowest BCUT2D eigenvalue weighted by Gasteiger charge is -2.21. The number of H-pyrrole nitrogens is 1. The molecule has 2 N–H and O–H groups in total. The van der Waals surface area contributed by atoms with Gasteiger partial charge in [-0.25, -0.2) is 0 Å². The summed E-state index contributed by atoms with van der Waals surface area (Å²) in [6.07, 6.45) is 8.58. The van der Waals surface area contributed by atoms with E-state index in [-0.39, 0.29) is 17.4 Å². The van der Waals surface area contributed by atoms with E-state index < -0.39 is 0 Å². The maximum Gasteiger partial charge on any atom is 0.258 e. The second kappa shape index (κ2) is 5.53.